The van der Waals surface area contributed by atoms with Gasteiger partial charge in [0.25, 0.3) is 0 Å². The van der Waals surface area contributed by atoms with Crippen LogP contribution in [-0.2, 0) is 11.4 Å². The number of unbranched alkanes of at least 4 members (excludes halogenated alkanes) is 4. The standard InChI is InChI=1S/C13H21NO4S/c1-2-3-4-5-6-7-17-12-8-11(14)9-13(10-12)18-19(15)16/h8-10H,2-7,14H2,1H3,(H,15,16). The molecule has 0 heterocycles. The van der Waals surface area contributed by atoms with Crippen molar-refractivity contribution in [1.82, 2.24) is 0 Å². The summed E-state index contributed by atoms with van der Waals surface area (Å²) in [6.45, 7) is 2.78. The molecule has 19 heavy (non-hydrogen) atoms. The predicted molar refractivity (Wildman–Crippen MR) is 76.5 cm³/mol. The van der Waals surface area contributed by atoms with E-state index < -0.39 is 11.4 Å². The molecule has 0 aliphatic carbocycles. The van der Waals surface area contributed by atoms with Gasteiger partial charge < -0.3 is 14.7 Å². The van der Waals surface area contributed by atoms with Crippen molar-refractivity contribution in [2.75, 3.05) is 12.3 Å². The number of anilines is 1. The monoisotopic (exact) mass is 287 g/mol. The molecule has 3 N–H and O–H groups in total. The first-order valence-corrected chi connectivity index (χ1v) is 7.47. The molecule has 0 saturated carbocycles. The molecule has 5 nitrogen and oxygen atoms in total. The van der Waals surface area contributed by atoms with Gasteiger partial charge in [0.2, 0.25) is 0 Å². The predicted octanol–water partition coefficient (Wildman–Crippen LogP) is 3.13. The molecular weight excluding hydrogens is 266 g/mol. The number of nitrogens with two attached hydrogens (primary N) is 1. The smallest absolute Gasteiger partial charge is 0.357 e. The number of nitrogen functional groups attached to an aromatic ring is 1. The molecule has 0 spiro atoms. The largest absolute Gasteiger partial charge is 0.493 e. The zero-order valence-corrected chi connectivity index (χ0v) is 11.9. The summed E-state index contributed by atoms with van der Waals surface area (Å²) in [7, 11) is 0. The number of hydrogen-bond acceptors (Lipinski definition) is 4. The number of rotatable bonds is 9. The fourth-order valence-electron chi connectivity index (χ4n) is 1.70. The van der Waals surface area contributed by atoms with E-state index in [0.29, 0.717) is 18.0 Å². The Bertz CT molecular complexity index is 412. The molecule has 1 atom stereocenters. The SMILES string of the molecule is CCCCCCCOc1cc(N)cc(OS(=O)O)c1. The first-order chi connectivity index (χ1) is 9.11. The van der Waals surface area contributed by atoms with Crippen LogP contribution in [0.25, 0.3) is 0 Å². The molecular formula is C13H21NO4S. The van der Waals surface area contributed by atoms with Crippen molar-refractivity contribution < 1.29 is 17.7 Å². The molecule has 0 aliphatic heterocycles. The highest BCUT2D eigenvalue weighted by molar-refractivity contribution is 7.74. The van der Waals surface area contributed by atoms with Gasteiger partial charge in [-0.15, -0.1) is 0 Å². The van der Waals surface area contributed by atoms with E-state index in [1.807, 2.05) is 0 Å². The normalized spacial score (nSPS) is 12.1. The minimum absolute atomic E-state index is 0.224. The van der Waals surface area contributed by atoms with Crippen LogP contribution in [0.4, 0.5) is 5.69 Å². The number of benzene rings is 1. The molecule has 1 unspecified atom stereocenters. The van der Waals surface area contributed by atoms with Crippen LogP contribution in [0.2, 0.25) is 0 Å². The molecule has 0 radical (unpaired) electrons. The van der Waals surface area contributed by atoms with Gasteiger partial charge >= 0.3 is 11.4 Å². The van der Waals surface area contributed by atoms with Gasteiger partial charge in [-0.2, -0.15) is 4.21 Å². The molecule has 0 amide bonds. The molecule has 0 saturated heterocycles. The Morgan fingerprint density at radius 1 is 1.16 bits per heavy atom. The molecule has 1 rings (SSSR count). The maximum atomic E-state index is 10.6. The van der Waals surface area contributed by atoms with Gasteiger partial charge in [-0.3, -0.25) is 4.55 Å². The average molecular weight is 287 g/mol. The lowest BCUT2D eigenvalue weighted by atomic mass is 10.2. The zero-order chi connectivity index (χ0) is 14.1. The van der Waals surface area contributed by atoms with Gasteiger partial charge in [0.15, 0.2) is 0 Å². The summed E-state index contributed by atoms with van der Waals surface area (Å²) in [5, 5.41) is 0. The van der Waals surface area contributed by atoms with E-state index in [2.05, 4.69) is 11.1 Å². The summed E-state index contributed by atoms with van der Waals surface area (Å²) in [4.78, 5) is 0. The van der Waals surface area contributed by atoms with E-state index in [1.165, 1.54) is 25.3 Å². The Morgan fingerprint density at radius 2 is 1.84 bits per heavy atom. The summed E-state index contributed by atoms with van der Waals surface area (Å²) in [5.41, 5.74) is 6.10. The molecule has 0 aromatic heterocycles. The Labute approximate surface area is 116 Å². The van der Waals surface area contributed by atoms with E-state index in [9.17, 15) is 4.21 Å². The lowest BCUT2D eigenvalue weighted by Crippen LogP contribution is -2.01. The number of ether oxygens (including phenoxy) is 1. The zero-order valence-electron chi connectivity index (χ0n) is 11.1. The van der Waals surface area contributed by atoms with Crippen molar-refractivity contribution in [3.05, 3.63) is 18.2 Å². The third-order valence-corrected chi connectivity index (χ3v) is 2.92. The van der Waals surface area contributed by atoms with E-state index in [0.717, 1.165) is 12.8 Å². The molecule has 1 aromatic rings. The van der Waals surface area contributed by atoms with E-state index in [-0.39, 0.29) is 5.75 Å². The number of hydrogen-bond donors (Lipinski definition) is 2. The van der Waals surface area contributed by atoms with Crippen LogP contribution in [0.3, 0.4) is 0 Å². The van der Waals surface area contributed by atoms with Gasteiger partial charge in [-0.1, -0.05) is 32.6 Å². The average Bonchev–Trinajstić information content (AvgIpc) is 2.32. The van der Waals surface area contributed by atoms with Crippen LogP contribution in [-0.4, -0.2) is 15.4 Å². The minimum atomic E-state index is -2.36. The fraction of sp³-hybridized carbons (Fsp3) is 0.538. The van der Waals surface area contributed by atoms with Crippen molar-refractivity contribution >= 4 is 17.0 Å². The summed E-state index contributed by atoms with van der Waals surface area (Å²) in [5.74, 6) is 0.776. The second kappa shape index (κ2) is 8.77. The fourth-order valence-corrected chi connectivity index (χ4v) is 1.96. The second-order valence-electron chi connectivity index (χ2n) is 4.30. The topological polar surface area (TPSA) is 81.8 Å². The van der Waals surface area contributed by atoms with Gasteiger partial charge in [0.1, 0.15) is 11.5 Å². The molecule has 108 valence electrons. The maximum Gasteiger partial charge on any atom is 0.357 e. The highest BCUT2D eigenvalue weighted by atomic mass is 32.2. The third kappa shape index (κ3) is 7.03. The summed E-state index contributed by atoms with van der Waals surface area (Å²) >= 11 is -2.36. The Morgan fingerprint density at radius 3 is 2.53 bits per heavy atom. The molecule has 0 bridgehead atoms. The quantitative estimate of drug-likeness (QED) is 0.414. The Hall–Kier alpha value is -1.27. The van der Waals surface area contributed by atoms with Crippen LogP contribution in [0.5, 0.6) is 11.5 Å². The molecule has 0 aliphatic rings. The van der Waals surface area contributed by atoms with Crippen LogP contribution in [0.15, 0.2) is 18.2 Å². The van der Waals surface area contributed by atoms with Crippen LogP contribution in [0.1, 0.15) is 39.0 Å². The summed E-state index contributed by atoms with van der Waals surface area (Å²) < 4.78 is 29.4. The van der Waals surface area contributed by atoms with Crippen molar-refractivity contribution in [3.8, 4) is 11.5 Å². The lowest BCUT2D eigenvalue weighted by molar-refractivity contribution is 0.304. The third-order valence-electron chi connectivity index (χ3n) is 2.59. The van der Waals surface area contributed by atoms with Gasteiger partial charge in [0, 0.05) is 23.9 Å². The van der Waals surface area contributed by atoms with Crippen LogP contribution >= 0.6 is 0 Å². The minimum Gasteiger partial charge on any atom is -0.493 e. The molecule has 0 fully saturated rings. The van der Waals surface area contributed by atoms with Crippen molar-refractivity contribution in [2.45, 2.75) is 39.0 Å². The van der Waals surface area contributed by atoms with E-state index in [1.54, 1.807) is 12.1 Å². The Kier molecular flexibility index (Phi) is 7.28. The van der Waals surface area contributed by atoms with Crippen LogP contribution < -0.4 is 14.7 Å². The lowest BCUT2D eigenvalue weighted by Gasteiger charge is -2.09. The first-order valence-electron chi connectivity index (χ1n) is 6.44. The Balaban J connectivity index is 2.40. The van der Waals surface area contributed by atoms with E-state index in [4.69, 9.17) is 15.0 Å². The van der Waals surface area contributed by atoms with Crippen molar-refractivity contribution in [1.29, 1.82) is 0 Å². The first kappa shape index (κ1) is 15.8. The molecule has 6 heteroatoms. The maximum absolute atomic E-state index is 10.6. The van der Waals surface area contributed by atoms with Crippen LogP contribution in [0, 0.1) is 0 Å². The summed E-state index contributed by atoms with van der Waals surface area (Å²) in [6, 6.07) is 4.69. The van der Waals surface area contributed by atoms with Gasteiger partial charge in [-0.05, 0) is 6.42 Å². The van der Waals surface area contributed by atoms with Crippen molar-refractivity contribution in [2.24, 2.45) is 0 Å². The highest BCUT2D eigenvalue weighted by Crippen LogP contribution is 2.25. The highest BCUT2D eigenvalue weighted by Gasteiger charge is 2.04. The van der Waals surface area contributed by atoms with Gasteiger partial charge in [-0.25, -0.2) is 0 Å². The van der Waals surface area contributed by atoms with Crippen molar-refractivity contribution in [3.63, 3.8) is 0 Å². The summed E-state index contributed by atoms with van der Waals surface area (Å²) in [6.07, 6.45) is 5.80. The van der Waals surface area contributed by atoms with Gasteiger partial charge in [0.05, 0.1) is 6.61 Å². The second-order valence-corrected chi connectivity index (χ2v) is 4.90. The van der Waals surface area contributed by atoms with E-state index >= 15 is 0 Å². The molecule has 1 aromatic carbocycles.